The third-order valence-electron chi connectivity index (χ3n) is 7.72. The number of alkyl halides is 1. The summed E-state index contributed by atoms with van der Waals surface area (Å²) in [5, 5.41) is 15.5. The van der Waals surface area contributed by atoms with Gasteiger partial charge in [-0.05, 0) is 57.6 Å². The molecule has 0 fully saturated rings. The first-order valence-corrected chi connectivity index (χ1v) is 16.3. The zero-order chi connectivity index (χ0) is 29.8. The molecule has 0 unspecified atom stereocenters. The molecule has 5 aromatic rings. The number of ether oxygens (including phenoxy) is 1. The molecular weight excluding hydrogens is 683 g/mol. The largest absolute Gasteiger partial charge is 0.507 e. The SMILES string of the molecule is COC(=O)C1=Cc2c(c(O)cc3c2[C@H](CCl)CN3C(=O)c2cc3cc(NC(=O)c4cc5ccccc5[nH]4)ccc3[nH]2)I=C1. The van der Waals surface area contributed by atoms with E-state index in [1.807, 2.05) is 40.4 Å². The number of hydrogen-bond donors (Lipinski definition) is 4. The molecule has 2 aliphatic rings. The molecule has 0 radical (unpaired) electrons. The molecule has 11 heteroatoms. The van der Waals surface area contributed by atoms with Crippen LogP contribution in [-0.4, -0.2) is 56.4 Å². The number of H-pyrrole nitrogens is 2. The van der Waals surface area contributed by atoms with Crippen molar-refractivity contribution in [2.24, 2.45) is 0 Å². The number of carbonyl (C=O) groups is 3. The number of benzene rings is 3. The summed E-state index contributed by atoms with van der Waals surface area (Å²) in [6.07, 6.45) is 1.73. The van der Waals surface area contributed by atoms with Gasteiger partial charge < -0.3 is 30.0 Å². The van der Waals surface area contributed by atoms with E-state index in [4.69, 9.17) is 16.3 Å². The Kier molecular flexibility index (Phi) is 6.82. The summed E-state index contributed by atoms with van der Waals surface area (Å²) in [5.74, 6) is -0.798. The fourth-order valence-corrected chi connectivity index (χ4v) is 8.28. The summed E-state index contributed by atoms with van der Waals surface area (Å²) in [5.41, 5.74) is 5.63. The molecule has 216 valence electrons. The Morgan fingerprint density at radius 3 is 2.60 bits per heavy atom. The van der Waals surface area contributed by atoms with Crippen LogP contribution >= 0.6 is 32.3 Å². The van der Waals surface area contributed by atoms with Gasteiger partial charge in [-0.1, -0.05) is 38.9 Å². The number of carbonyl (C=O) groups excluding carboxylic acids is 3. The number of aromatic nitrogens is 2. The van der Waals surface area contributed by atoms with Crippen molar-refractivity contribution in [2.45, 2.75) is 5.92 Å². The Labute approximate surface area is 260 Å². The highest BCUT2D eigenvalue weighted by Crippen LogP contribution is 2.47. The number of phenolic OH excluding ortho intramolecular Hbond substituents is 1. The number of rotatable bonds is 5. The van der Waals surface area contributed by atoms with E-state index in [9.17, 15) is 19.5 Å². The Balaban J connectivity index is 1.19. The normalized spacial score (nSPS) is 15.5. The number of esters is 1. The minimum Gasteiger partial charge on any atom is -0.507 e. The minimum absolute atomic E-state index is 0.0954. The molecule has 2 aliphatic heterocycles. The Bertz CT molecular complexity index is 2030. The van der Waals surface area contributed by atoms with E-state index in [2.05, 4.69) is 15.3 Å². The van der Waals surface area contributed by atoms with Crippen molar-refractivity contribution in [3.8, 4) is 5.75 Å². The average Bonchev–Trinajstić information content (AvgIpc) is 3.75. The van der Waals surface area contributed by atoms with E-state index in [0.717, 1.165) is 36.5 Å². The van der Waals surface area contributed by atoms with Gasteiger partial charge in [0.05, 0.1) is 21.9 Å². The van der Waals surface area contributed by atoms with Crippen molar-refractivity contribution in [2.75, 3.05) is 29.8 Å². The monoisotopic (exact) mass is 706 g/mol. The summed E-state index contributed by atoms with van der Waals surface area (Å²) in [4.78, 5) is 47.0. The number of methoxy groups -OCH3 is 1. The van der Waals surface area contributed by atoms with Crippen LogP contribution in [0, 0.1) is 3.57 Å². The summed E-state index contributed by atoms with van der Waals surface area (Å²) in [6, 6.07) is 18.3. The number of amides is 2. The van der Waals surface area contributed by atoms with Crippen LogP contribution < -0.4 is 10.2 Å². The van der Waals surface area contributed by atoms with E-state index >= 15 is 0 Å². The second kappa shape index (κ2) is 10.7. The third-order valence-corrected chi connectivity index (χ3v) is 10.8. The number of para-hydroxylation sites is 1. The Hall–Kier alpha value is -4.42. The number of aromatic hydroxyl groups is 1. The molecule has 0 bridgehead atoms. The van der Waals surface area contributed by atoms with Gasteiger partial charge in [0.2, 0.25) is 0 Å². The molecule has 0 saturated heterocycles. The average molecular weight is 707 g/mol. The van der Waals surface area contributed by atoms with Crippen LogP contribution in [0.15, 0.2) is 66.2 Å². The fraction of sp³-hybridized carbons (Fsp3) is 0.125. The molecular formula is C32H24ClIN4O5. The first-order valence-electron chi connectivity index (χ1n) is 13.4. The number of fused-ring (bicyclic) bond motifs is 5. The fourth-order valence-electron chi connectivity index (χ4n) is 5.69. The van der Waals surface area contributed by atoms with E-state index in [0.29, 0.717) is 34.9 Å². The van der Waals surface area contributed by atoms with Crippen molar-refractivity contribution in [1.82, 2.24) is 9.97 Å². The molecule has 2 amide bonds. The van der Waals surface area contributed by atoms with Gasteiger partial charge >= 0.3 is 5.97 Å². The lowest BCUT2D eigenvalue weighted by Gasteiger charge is -2.19. The third kappa shape index (κ3) is 4.70. The molecule has 7 rings (SSSR count). The number of phenols is 1. The van der Waals surface area contributed by atoms with Gasteiger partial charge in [0, 0.05) is 51.9 Å². The predicted molar refractivity (Wildman–Crippen MR) is 177 cm³/mol. The number of anilines is 2. The van der Waals surface area contributed by atoms with E-state index < -0.39 is 26.7 Å². The molecule has 0 saturated carbocycles. The minimum atomic E-state index is -0.788. The number of nitrogens with zero attached hydrogens (tertiary/aromatic N) is 1. The second-order valence-corrected chi connectivity index (χ2v) is 13.0. The standard InChI is InChI=1S/C32H24ClIN4O5/c1-43-32(42)18-9-21-28-19(13-33)15-38(26(28)12-27(39)29(21)34-14-18)31(41)25-11-17-8-20(6-7-23(17)37-25)35-30(40)24-10-16-4-2-3-5-22(16)36-24/h2-12,14,19,36-37,39H,13,15H2,1H3,(H,35,40)/t19-/m1/s1. The number of halogens is 2. The van der Waals surface area contributed by atoms with Crippen LogP contribution in [0.25, 0.3) is 27.9 Å². The van der Waals surface area contributed by atoms with Gasteiger partial charge in [-0.2, -0.15) is 0 Å². The van der Waals surface area contributed by atoms with Crippen molar-refractivity contribution in [3.63, 3.8) is 0 Å². The van der Waals surface area contributed by atoms with Crippen molar-refractivity contribution >= 4 is 93.4 Å². The quantitative estimate of drug-likeness (QED) is 0.0998. The first kappa shape index (κ1) is 27.4. The van der Waals surface area contributed by atoms with Crippen molar-refractivity contribution in [1.29, 1.82) is 0 Å². The smallest absolute Gasteiger partial charge is 0.338 e. The molecule has 2 aromatic heterocycles. The Morgan fingerprint density at radius 1 is 1.05 bits per heavy atom. The topological polar surface area (TPSA) is 128 Å². The summed E-state index contributed by atoms with van der Waals surface area (Å²) < 4.78 is 7.54. The molecule has 9 nitrogen and oxygen atoms in total. The maximum atomic E-state index is 13.9. The highest BCUT2D eigenvalue weighted by Gasteiger charge is 2.37. The lowest BCUT2D eigenvalue weighted by Crippen LogP contribution is -2.30. The van der Waals surface area contributed by atoms with E-state index in [1.54, 1.807) is 35.2 Å². The van der Waals surface area contributed by atoms with Gasteiger partial charge in [0.15, 0.2) is 0 Å². The van der Waals surface area contributed by atoms with Crippen molar-refractivity contribution < 1.29 is 24.2 Å². The van der Waals surface area contributed by atoms with Gasteiger partial charge in [-0.25, -0.2) is 4.79 Å². The predicted octanol–water partition coefficient (Wildman–Crippen LogP) is 6.10. The highest BCUT2D eigenvalue weighted by molar-refractivity contribution is 14.2. The number of aromatic amines is 2. The molecule has 0 aliphatic carbocycles. The molecule has 4 N–H and O–H groups in total. The van der Waals surface area contributed by atoms with Gasteiger partial charge in [0.25, 0.3) is 11.8 Å². The van der Waals surface area contributed by atoms with Crippen LogP contribution in [0.2, 0.25) is 0 Å². The van der Waals surface area contributed by atoms with Crippen LogP contribution in [0.4, 0.5) is 11.4 Å². The molecule has 4 heterocycles. The summed E-state index contributed by atoms with van der Waals surface area (Å²) >= 11 is 5.61. The van der Waals surface area contributed by atoms with Gasteiger partial charge in [-0.15, -0.1) is 11.6 Å². The molecule has 3 aromatic carbocycles. The second-order valence-electron chi connectivity index (χ2n) is 10.3. The van der Waals surface area contributed by atoms with E-state index in [-0.39, 0.29) is 29.4 Å². The van der Waals surface area contributed by atoms with Crippen LogP contribution in [0.3, 0.4) is 0 Å². The maximum absolute atomic E-state index is 13.9. The van der Waals surface area contributed by atoms with Crippen molar-refractivity contribution in [3.05, 3.63) is 92.3 Å². The summed E-state index contributed by atoms with van der Waals surface area (Å²) in [6.45, 7) is 0.332. The Morgan fingerprint density at radius 2 is 1.81 bits per heavy atom. The molecule has 1 atom stereocenters. The molecule has 43 heavy (non-hydrogen) atoms. The maximum Gasteiger partial charge on any atom is 0.338 e. The van der Waals surface area contributed by atoms with Gasteiger partial charge in [0.1, 0.15) is 17.1 Å². The summed E-state index contributed by atoms with van der Waals surface area (Å²) in [7, 11) is 1.33. The van der Waals surface area contributed by atoms with Gasteiger partial charge in [-0.3, -0.25) is 9.59 Å². The first-order chi connectivity index (χ1) is 20.8. The molecule has 0 spiro atoms. The highest BCUT2D eigenvalue weighted by atomic mass is 127. The zero-order valence-electron chi connectivity index (χ0n) is 22.7. The lowest BCUT2D eigenvalue weighted by atomic mass is 9.95. The van der Waals surface area contributed by atoms with Crippen LogP contribution in [-0.2, 0) is 9.53 Å². The van der Waals surface area contributed by atoms with Crippen LogP contribution in [0.5, 0.6) is 5.75 Å². The van der Waals surface area contributed by atoms with E-state index in [1.165, 1.54) is 7.11 Å². The van der Waals surface area contributed by atoms with Crippen LogP contribution in [0.1, 0.15) is 38.0 Å². The number of nitrogens with one attached hydrogen (secondary N) is 3. The lowest BCUT2D eigenvalue weighted by molar-refractivity contribution is -0.135. The zero-order valence-corrected chi connectivity index (χ0v) is 25.6. The number of hydrogen-bond acceptors (Lipinski definition) is 5.